The molecule has 2 amide bonds. The minimum Gasteiger partial charge on any atom is -0.267 e. The summed E-state index contributed by atoms with van der Waals surface area (Å²) < 4.78 is 0. The van der Waals surface area contributed by atoms with Crippen molar-refractivity contribution >= 4 is 34.8 Å². The number of thiophene rings is 1. The molecule has 22 heavy (non-hydrogen) atoms. The lowest BCUT2D eigenvalue weighted by Crippen LogP contribution is -2.55. The zero-order valence-electron chi connectivity index (χ0n) is 12.6. The SMILES string of the molecule is CC(C)(C)N(NC(=O)c1ccc(Cl)cc1)C(=O)c1ccsc1. The van der Waals surface area contributed by atoms with Crippen molar-refractivity contribution in [1.82, 2.24) is 10.4 Å². The van der Waals surface area contributed by atoms with Crippen molar-refractivity contribution in [3.63, 3.8) is 0 Å². The molecule has 6 heteroatoms. The molecule has 0 fully saturated rings. The highest BCUT2D eigenvalue weighted by Gasteiger charge is 2.29. The average Bonchev–Trinajstić information content (AvgIpc) is 2.97. The molecule has 0 spiro atoms. The lowest BCUT2D eigenvalue weighted by Gasteiger charge is -2.35. The highest BCUT2D eigenvalue weighted by Crippen LogP contribution is 2.18. The van der Waals surface area contributed by atoms with Gasteiger partial charge in [-0.15, -0.1) is 0 Å². The van der Waals surface area contributed by atoms with Gasteiger partial charge < -0.3 is 0 Å². The molecule has 0 aliphatic carbocycles. The topological polar surface area (TPSA) is 49.4 Å². The predicted molar refractivity (Wildman–Crippen MR) is 89.2 cm³/mol. The van der Waals surface area contributed by atoms with E-state index in [0.717, 1.165) is 0 Å². The van der Waals surface area contributed by atoms with Crippen LogP contribution in [0.1, 0.15) is 41.5 Å². The number of halogens is 1. The Balaban J connectivity index is 2.22. The molecule has 2 aromatic rings. The summed E-state index contributed by atoms with van der Waals surface area (Å²) in [5.41, 5.74) is 3.13. The second kappa shape index (κ2) is 6.50. The minimum atomic E-state index is -0.554. The Morgan fingerprint density at radius 2 is 1.73 bits per heavy atom. The monoisotopic (exact) mass is 336 g/mol. The number of hydrazine groups is 1. The summed E-state index contributed by atoms with van der Waals surface area (Å²) in [6, 6.07) is 8.25. The molecule has 4 nitrogen and oxygen atoms in total. The van der Waals surface area contributed by atoms with Crippen LogP contribution in [0.15, 0.2) is 41.1 Å². The standard InChI is InChI=1S/C16H17ClN2O2S/c1-16(2,3)19(15(21)12-8-9-22-10-12)18-14(20)11-4-6-13(17)7-5-11/h4-10H,1-3H3,(H,18,20). The summed E-state index contributed by atoms with van der Waals surface area (Å²) in [6.07, 6.45) is 0. The van der Waals surface area contributed by atoms with Crippen molar-refractivity contribution in [2.24, 2.45) is 0 Å². The molecule has 1 N–H and O–H groups in total. The minimum absolute atomic E-state index is 0.240. The van der Waals surface area contributed by atoms with Gasteiger partial charge in [-0.1, -0.05) is 11.6 Å². The zero-order chi connectivity index (χ0) is 16.3. The van der Waals surface area contributed by atoms with Crippen molar-refractivity contribution in [3.05, 3.63) is 57.2 Å². The van der Waals surface area contributed by atoms with Gasteiger partial charge in [0.25, 0.3) is 11.8 Å². The number of amides is 2. The highest BCUT2D eigenvalue weighted by atomic mass is 35.5. The maximum Gasteiger partial charge on any atom is 0.273 e. The van der Waals surface area contributed by atoms with E-state index in [0.29, 0.717) is 16.1 Å². The molecule has 0 radical (unpaired) electrons. The quantitative estimate of drug-likeness (QED) is 0.843. The highest BCUT2D eigenvalue weighted by molar-refractivity contribution is 7.08. The van der Waals surface area contributed by atoms with Crippen LogP contribution >= 0.6 is 22.9 Å². The van der Waals surface area contributed by atoms with E-state index >= 15 is 0 Å². The summed E-state index contributed by atoms with van der Waals surface area (Å²) in [6.45, 7) is 5.58. The largest absolute Gasteiger partial charge is 0.273 e. The van der Waals surface area contributed by atoms with Gasteiger partial charge >= 0.3 is 0 Å². The van der Waals surface area contributed by atoms with E-state index in [-0.39, 0.29) is 11.8 Å². The number of nitrogens with zero attached hydrogens (tertiary/aromatic N) is 1. The van der Waals surface area contributed by atoms with Gasteiger partial charge in [-0.05, 0) is 56.5 Å². The van der Waals surface area contributed by atoms with Crippen molar-refractivity contribution in [2.75, 3.05) is 0 Å². The fourth-order valence-electron chi connectivity index (χ4n) is 1.81. The van der Waals surface area contributed by atoms with Gasteiger partial charge in [0.1, 0.15) is 0 Å². The van der Waals surface area contributed by atoms with E-state index in [1.54, 1.807) is 35.7 Å². The van der Waals surface area contributed by atoms with Crippen LogP contribution in [0, 0.1) is 0 Å². The van der Waals surface area contributed by atoms with Gasteiger partial charge in [0.05, 0.1) is 11.1 Å². The molecule has 116 valence electrons. The van der Waals surface area contributed by atoms with Crippen molar-refractivity contribution in [2.45, 2.75) is 26.3 Å². The Kier molecular flexibility index (Phi) is 4.88. The summed E-state index contributed by atoms with van der Waals surface area (Å²) in [5.74, 6) is -0.591. The molecule has 0 aliphatic rings. The maximum atomic E-state index is 12.6. The third-order valence-corrected chi connectivity index (χ3v) is 3.90. The fraction of sp³-hybridized carbons (Fsp3) is 0.250. The van der Waals surface area contributed by atoms with Crippen LogP contribution in [0.5, 0.6) is 0 Å². The number of carbonyl (C=O) groups excluding carboxylic acids is 2. The fourth-order valence-corrected chi connectivity index (χ4v) is 2.56. The molecular formula is C16H17ClN2O2S. The molecule has 1 aromatic heterocycles. The first-order valence-corrected chi connectivity index (χ1v) is 8.04. The van der Waals surface area contributed by atoms with E-state index < -0.39 is 5.54 Å². The van der Waals surface area contributed by atoms with Crippen molar-refractivity contribution in [3.8, 4) is 0 Å². The predicted octanol–water partition coefficient (Wildman–Crippen LogP) is 3.99. The van der Waals surface area contributed by atoms with Gasteiger partial charge in [0.2, 0.25) is 0 Å². The number of nitrogens with one attached hydrogen (secondary N) is 1. The van der Waals surface area contributed by atoms with Crippen LogP contribution in [0.2, 0.25) is 5.02 Å². The van der Waals surface area contributed by atoms with E-state index in [2.05, 4.69) is 5.43 Å². The first kappa shape index (κ1) is 16.5. The molecule has 0 saturated heterocycles. The van der Waals surface area contributed by atoms with E-state index in [1.807, 2.05) is 26.2 Å². The second-order valence-electron chi connectivity index (χ2n) is 5.77. The van der Waals surface area contributed by atoms with Gasteiger partial charge in [-0.25, -0.2) is 5.01 Å². The van der Waals surface area contributed by atoms with Crippen molar-refractivity contribution < 1.29 is 9.59 Å². The molecule has 0 unspecified atom stereocenters. The molecule has 0 saturated carbocycles. The van der Waals surface area contributed by atoms with E-state index in [9.17, 15) is 9.59 Å². The van der Waals surface area contributed by atoms with Crippen LogP contribution in [-0.2, 0) is 0 Å². The Bertz CT molecular complexity index is 660. The molecule has 0 bridgehead atoms. The van der Waals surface area contributed by atoms with Crippen LogP contribution in [0.4, 0.5) is 0 Å². The number of hydrogen-bond donors (Lipinski definition) is 1. The normalized spacial score (nSPS) is 11.1. The molecular weight excluding hydrogens is 320 g/mol. The summed E-state index contributed by atoms with van der Waals surface area (Å²) in [5, 5.41) is 5.50. The smallest absolute Gasteiger partial charge is 0.267 e. The molecule has 0 atom stereocenters. The first-order valence-electron chi connectivity index (χ1n) is 6.72. The Morgan fingerprint density at radius 1 is 1.09 bits per heavy atom. The summed E-state index contributed by atoms with van der Waals surface area (Å²) in [7, 11) is 0. The third kappa shape index (κ3) is 3.87. The van der Waals surface area contributed by atoms with E-state index in [1.165, 1.54) is 16.3 Å². The Hall–Kier alpha value is -1.85. The van der Waals surface area contributed by atoms with Gasteiger partial charge in [-0.2, -0.15) is 11.3 Å². The lowest BCUT2D eigenvalue weighted by atomic mass is 10.1. The maximum absolute atomic E-state index is 12.6. The number of carbonyl (C=O) groups is 2. The number of benzene rings is 1. The van der Waals surface area contributed by atoms with Crippen LogP contribution in [-0.4, -0.2) is 22.4 Å². The molecule has 0 aliphatic heterocycles. The third-order valence-electron chi connectivity index (χ3n) is 2.96. The van der Waals surface area contributed by atoms with Crippen LogP contribution in [0.25, 0.3) is 0 Å². The Labute approximate surface area is 138 Å². The Morgan fingerprint density at radius 3 is 2.23 bits per heavy atom. The van der Waals surface area contributed by atoms with Crippen LogP contribution < -0.4 is 5.43 Å². The molecule has 2 rings (SSSR count). The molecule has 1 heterocycles. The zero-order valence-corrected chi connectivity index (χ0v) is 14.2. The van der Waals surface area contributed by atoms with Crippen molar-refractivity contribution in [1.29, 1.82) is 0 Å². The summed E-state index contributed by atoms with van der Waals surface area (Å²) >= 11 is 7.26. The summed E-state index contributed by atoms with van der Waals surface area (Å²) in [4.78, 5) is 24.9. The van der Waals surface area contributed by atoms with Crippen LogP contribution in [0.3, 0.4) is 0 Å². The average molecular weight is 337 g/mol. The lowest BCUT2D eigenvalue weighted by molar-refractivity contribution is 0.0359. The van der Waals surface area contributed by atoms with E-state index in [4.69, 9.17) is 11.6 Å². The van der Waals surface area contributed by atoms with Gasteiger partial charge in [0, 0.05) is 16.0 Å². The van der Waals surface area contributed by atoms with Gasteiger partial charge in [-0.3, -0.25) is 15.0 Å². The molecule has 1 aromatic carbocycles. The number of rotatable bonds is 2. The van der Waals surface area contributed by atoms with Gasteiger partial charge in [0.15, 0.2) is 0 Å². The second-order valence-corrected chi connectivity index (χ2v) is 6.99. The first-order chi connectivity index (χ1) is 10.3. The number of hydrogen-bond acceptors (Lipinski definition) is 3.